The average molecular weight is 226 g/mol. The summed E-state index contributed by atoms with van der Waals surface area (Å²) >= 11 is 0. The first kappa shape index (κ1) is 11.2. The van der Waals surface area contributed by atoms with Gasteiger partial charge in [-0.05, 0) is 30.3 Å². The minimum atomic E-state index is 0.422. The molecule has 3 N–H and O–H groups in total. The second-order valence-electron chi connectivity index (χ2n) is 3.69. The van der Waals surface area contributed by atoms with Gasteiger partial charge in [-0.15, -0.1) is 0 Å². The highest BCUT2D eigenvalue weighted by Gasteiger charge is 2.07. The first-order chi connectivity index (χ1) is 8.22. The summed E-state index contributed by atoms with van der Waals surface area (Å²) in [5, 5.41) is 8.12. The highest BCUT2D eigenvalue weighted by atomic mass is 16.5. The van der Waals surface area contributed by atoms with Gasteiger partial charge in [0.2, 0.25) is 0 Å². The molecule has 86 valence electrons. The number of nitrogens with one attached hydrogen (secondary N) is 1. The Hall–Kier alpha value is -2.29. The second-order valence-corrected chi connectivity index (χ2v) is 3.69. The van der Waals surface area contributed by atoms with Crippen LogP contribution in [0.5, 0.6) is 5.75 Å². The molecule has 2 aromatic carbocycles. The smallest absolute Gasteiger partial charge is 0.118 e. The van der Waals surface area contributed by atoms with Crippen LogP contribution in [0.4, 0.5) is 5.69 Å². The van der Waals surface area contributed by atoms with Crippen LogP contribution < -0.4 is 10.5 Å². The van der Waals surface area contributed by atoms with Crippen LogP contribution in [0.25, 0.3) is 0 Å². The summed E-state index contributed by atoms with van der Waals surface area (Å²) in [5.41, 5.74) is 8.46. The van der Waals surface area contributed by atoms with Crippen molar-refractivity contribution in [2.75, 3.05) is 12.8 Å². The summed E-state index contributed by atoms with van der Waals surface area (Å²) in [6, 6.07) is 14.8. The first-order valence-corrected chi connectivity index (χ1v) is 5.30. The SMILES string of the molecule is COc1ccc(C(=N)c2ccccc2N)cc1. The molecule has 0 spiro atoms. The van der Waals surface area contributed by atoms with E-state index >= 15 is 0 Å². The molecule has 0 atom stereocenters. The summed E-state index contributed by atoms with van der Waals surface area (Å²) in [4.78, 5) is 0. The van der Waals surface area contributed by atoms with Crippen molar-refractivity contribution in [1.29, 1.82) is 5.41 Å². The van der Waals surface area contributed by atoms with E-state index in [1.54, 1.807) is 13.2 Å². The van der Waals surface area contributed by atoms with Crippen LogP contribution in [0.15, 0.2) is 48.5 Å². The number of ether oxygens (including phenoxy) is 1. The number of nitrogen functional groups attached to an aromatic ring is 1. The molecule has 0 heterocycles. The number of benzene rings is 2. The molecule has 0 bridgehead atoms. The van der Waals surface area contributed by atoms with E-state index in [1.165, 1.54) is 0 Å². The standard InChI is InChI=1S/C14H14N2O/c1-17-11-8-6-10(7-9-11)14(16)12-4-2-3-5-13(12)15/h2-9,16H,15H2,1H3. The molecule has 0 radical (unpaired) electrons. The highest BCUT2D eigenvalue weighted by Crippen LogP contribution is 2.18. The van der Waals surface area contributed by atoms with Crippen LogP contribution in [0, 0.1) is 5.41 Å². The molecule has 0 amide bonds. The van der Waals surface area contributed by atoms with Crippen molar-refractivity contribution < 1.29 is 4.74 Å². The number of hydrogen-bond donors (Lipinski definition) is 2. The summed E-state index contributed by atoms with van der Waals surface area (Å²) in [6.07, 6.45) is 0. The van der Waals surface area contributed by atoms with E-state index in [2.05, 4.69) is 0 Å². The number of anilines is 1. The lowest BCUT2D eigenvalue weighted by molar-refractivity contribution is 0.415. The molecule has 0 unspecified atom stereocenters. The molecule has 3 heteroatoms. The summed E-state index contributed by atoms with van der Waals surface area (Å²) in [7, 11) is 1.62. The van der Waals surface area contributed by atoms with Crippen LogP contribution in [0.2, 0.25) is 0 Å². The van der Waals surface area contributed by atoms with Crippen molar-refractivity contribution in [3.63, 3.8) is 0 Å². The lowest BCUT2D eigenvalue weighted by atomic mass is 10.0. The zero-order chi connectivity index (χ0) is 12.3. The monoisotopic (exact) mass is 226 g/mol. The quantitative estimate of drug-likeness (QED) is 0.624. The van der Waals surface area contributed by atoms with Crippen molar-refractivity contribution in [2.24, 2.45) is 0 Å². The van der Waals surface area contributed by atoms with E-state index in [0.717, 1.165) is 16.9 Å². The lowest BCUT2D eigenvalue weighted by Crippen LogP contribution is -2.04. The van der Waals surface area contributed by atoms with Gasteiger partial charge in [0.1, 0.15) is 5.75 Å². The third kappa shape index (κ3) is 2.28. The van der Waals surface area contributed by atoms with Crippen molar-refractivity contribution in [1.82, 2.24) is 0 Å². The van der Waals surface area contributed by atoms with Crippen LogP contribution in [-0.4, -0.2) is 12.8 Å². The van der Waals surface area contributed by atoms with Crippen LogP contribution in [-0.2, 0) is 0 Å². The Morgan fingerprint density at radius 1 is 1.06 bits per heavy atom. The molecule has 3 nitrogen and oxygen atoms in total. The van der Waals surface area contributed by atoms with Gasteiger partial charge in [0.05, 0.1) is 12.8 Å². The maximum atomic E-state index is 8.12. The molecule has 0 saturated heterocycles. The van der Waals surface area contributed by atoms with E-state index in [-0.39, 0.29) is 0 Å². The first-order valence-electron chi connectivity index (χ1n) is 5.30. The second kappa shape index (κ2) is 4.70. The van der Waals surface area contributed by atoms with Crippen LogP contribution in [0.3, 0.4) is 0 Å². The fraction of sp³-hybridized carbons (Fsp3) is 0.0714. The van der Waals surface area contributed by atoms with Gasteiger partial charge >= 0.3 is 0 Å². The topological polar surface area (TPSA) is 59.1 Å². The third-order valence-corrected chi connectivity index (χ3v) is 2.61. The van der Waals surface area contributed by atoms with Crippen LogP contribution in [0.1, 0.15) is 11.1 Å². The Morgan fingerprint density at radius 3 is 2.29 bits per heavy atom. The highest BCUT2D eigenvalue weighted by molar-refractivity contribution is 6.13. The van der Waals surface area contributed by atoms with E-state index < -0.39 is 0 Å². The van der Waals surface area contributed by atoms with Gasteiger partial charge in [0.25, 0.3) is 0 Å². The number of hydrogen-bond acceptors (Lipinski definition) is 3. The maximum absolute atomic E-state index is 8.12. The van der Waals surface area contributed by atoms with Gasteiger partial charge in [-0.3, -0.25) is 5.41 Å². The summed E-state index contributed by atoms with van der Waals surface area (Å²) in [5.74, 6) is 0.780. The summed E-state index contributed by atoms with van der Waals surface area (Å²) < 4.78 is 5.08. The van der Waals surface area contributed by atoms with Gasteiger partial charge in [-0.2, -0.15) is 0 Å². The molecule has 0 fully saturated rings. The molecule has 0 aliphatic rings. The number of rotatable bonds is 3. The van der Waals surface area contributed by atoms with E-state index in [9.17, 15) is 0 Å². The third-order valence-electron chi connectivity index (χ3n) is 2.61. The fourth-order valence-corrected chi connectivity index (χ4v) is 1.64. The van der Waals surface area contributed by atoms with E-state index in [0.29, 0.717) is 11.4 Å². The molecule has 17 heavy (non-hydrogen) atoms. The van der Waals surface area contributed by atoms with Gasteiger partial charge in [0, 0.05) is 16.8 Å². The van der Waals surface area contributed by atoms with Crippen LogP contribution >= 0.6 is 0 Å². The Labute approximate surface area is 100 Å². The average Bonchev–Trinajstić information content (AvgIpc) is 2.39. The molecule has 0 aromatic heterocycles. The zero-order valence-electron chi connectivity index (χ0n) is 9.60. The minimum Gasteiger partial charge on any atom is -0.497 e. The zero-order valence-corrected chi connectivity index (χ0v) is 9.60. The fourth-order valence-electron chi connectivity index (χ4n) is 1.64. The largest absolute Gasteiger partial charge is 0.497 e. The normalized spacial score (nSPS) is 9.94. The molecule has 0 saturated carbocycles. The minimum absolute atomic E-state index is 0.422. The number of methoxy groups -OCH3 is 1. The maximum Gasteiger partial charge on any atom is 0.118 e. The predicted octanol–water partition coefficient (Wildman–Crippen LogP) is 2.69. The molecule has 0 aliphatic carbocycles. The van der Waals surface area contributed by atoms with E-state index in [4.69, 9.17) is 15.9 Å². The number of para-hydroxylation sites is 1. The molecular weight excluding hydrogens is 212 g/mol. The van der Waals surface area contributed by atoms with Crippen molar-refractivity contribution in [3.05, 3.63) is 59.7 Å². The molecule has 2 aromatic rings. The Bertz CT molecular complexity index is 532. The summed E-state index contributed by atoms with van der Waals surface area (Å²) in [6.45, 7) is 0. The molecule has 2 rings (SSSR count). The van der Waals surface area contributed by atoms with Crippen molar-refractivity contribution in [2.45, 2.75) is 0 Å². The van der Waals surface area contributed by atoms with Crippen molar-refractivity contribution in [3.8, 4) is 5.75 Å². The number of nitrogens with two attached hydrogens (primary N) is 1. The Kier molecular flexibility index (Phi) is 3.10. The Morgan fingerprint density at radius 2 is 1.71 bits per heavy atom. The molecular formula is C14H14N2O. The van der Waals surface area contributed by atoms with Gasteiger partial charge in [-0.25, -0.2) is 0 Å². The van der Waals surface area contributed by atoms with Crippen molar-refractivity contribution >= 4 is 11.4 Å². The molecule has 0 aliphatic heterocycles. The van der Waals surface area contributed by atoms with Gasteiger partial charge < -0.3 is 10.5 Å². The lowest BCUT2D eigenvalue weighted by Gasteiger charge is -2.08. The van der Waals surface area contributed by atoms with E-state index in [1.807, 2.05) is 42.5 Å². The predicted molar refractivity (Wildman–Crippen MR) is 69.8 cm³/mol. The Balaban J connectivity index is 2.34. The van der Waals surface area contributed by atoms with Gasteiger partial charge in [-0.1, -0.05) is 18.2 Å². The van der Waals surface area contributed by atoms with Gasteiger partial charge in [0.15, 0.2) is 0 Å².